The molecular weight excluding hydrogens is 414 g/mol. The minimum absolute atomic E-state index is 0.0853. The predicted octanol–water partition coefficient (Wildman–Crippen LogP) is 4.32. The van der Waals surface area contributed by atoms with Crippen LogP contribution in [0.4, 0.5) is 37.7 Å². The van der Waals surface area contributed by atoms with Gasteiger partial charge in [0.05, 0.1) is 11.3 Å². The zero-order chi connectivity index (χ0) is 22.3. The average Bonchev–Trinajstić information content (AvgIpc) is 3.02. The van der Waals surface area contributed by atoms with Gasteiger partial charge in [-0.05, 0) is 48.4 Å². The van der Waals surface area contributed by atoms with Crippen LogP contribution in [0, 0.1) is 6.92 Å². The predicted molar refractivity (Wildman–Crippen MR) is 98.4 cm³/mol. The van der Waals surface area contributed by atoms with Gasteiger partial charge >= 0.3 is 12.4 Å². The van der Waals surface area contributed by atoms with Gasteiger partial charge in [0.25, 0.3) is 0 Å². The molecule has 160 valence electrons. The van der Waals surface area contributed by atoms with Gasteiger partial charge in [-0.15, -0.1) is 5.10 Å². The zero-order valence-electron chi connectivity index (χ0n) is 15.5. The Hall–Kier alpha value is -3.24. The molecule has 1 aliphatic heterocycles. The first-order valence-electron chi connectivity index (χ1n) is 8.61. The third kappa shape index (κ3) is 4.19. The molecule has 0 aromatic heterocycles. The second kappa shape index (κ2) is 7.54. The van der Waals surface area contributed by atoms with Gasteiger partial charge in [-0.3, -0.25) is 4.79 Å². The lowest BCUT2D eigenvalue weighted by Gasteiger charge is -2.28. The third-order valence-corrected chi connectivity index (χ3v) is 4.57. The number of aldehydes is 1. The van der Waals surface area contributed by atoms with Crippen molar-refractivity contribution in [3.63, 3.8) is 0 Å². The summed E-state index contributed by atoms with van der Waals surface area (Å²) < 4.78 is 79.1. The van der Waals surface area contributed by atoms with E-state index >= 15 is 0 Å². The van der Waals surface area contributed by atoms with Crippen molar-refractivity contribution in [1.29, 1.82) is 0 Å². The fraction of sp³-hybridized carbons (Fsp3) is 0.263. The molecule has 5 nitrogen and oxygen atoms in total. The number of nitrogens with two attached hydrogens (primary N) is 1. The smallest absolute Gasteiger partial charge is 0.399 e. The van der Waals surface area contributed by atoms with Crippen molar-refractivity contribution < 1.29 is 31.1 Å². The molecule has 1 heterocycles. The quantitative estimate of drug-likeness (QED) is 0.446. The SMILES string of the molecule is Cc1cc(CN2C(C(F)(F)F)=NN(c3ccc(C(F)(F)F)cc3)C2C=O)ccc1N. The first-order valence-corrected chi connectivity index (χ1v) is 8.61. The Bertz CT molecular complexity index is 968. The van der Waals surface area contributed by atoms with Gasteiger partial charge in [0.2, 0.25) is 5.84 Å². The molecule has 0 radical (unpaired) electrons. The van der Waals surface area contributed by atoms with Crippen molar-refractivity contribution in [1.82, 2.24) is 4.90 Å². The number of nitrogen functional groups attached to an aromatic ring is 1. The van der Waals surface area contributed by atoms with Gasteiger partial charge in [-0.25, -0.2) is 5.01 Å². The van der Waals surface area contributed by atoms with Gasteiger partial charge in [0.15, 0.2) is 12.5 Å². The van der Waals surface area contributed by atoms with Crippen LogP contribution >= 0.6 is 0 Å². The maximum Gasteiger partial charge on any atom is 0.451 e. The number of carbonyl (C=O) groups is 1. The molecule has 0 bridgehead atoms. The standard InChI is InChI=1S/C19H16F6N4O/c1-11-8-12(2-7-15(11)26)9-28-16(10-30)29(27-17(28)19(23,24)25)14-5-3-13(4-6-14)18(20,21)22/h2-8,10,16H,9,26H2,1H3. The number of hydrazone groups is 1. The molecule has 0 amide bonds. The molecule has 1 atom stereocenters. The number of rotatable bonds is 4. The van der Waals surface area contributed by atoms with Crippen LogP contribution in [0.15, 0.2) is 47.6 Å². The minimum Gasteiger partial charge on any atom is -0.399 e. The Morgan fingerprint density at radius 3 is 2.17 bits per heavy atom. The van der Waals surface area contributed by atoms with E-state index in [1.165, 1.54) is 12.1 Å². The average molecular weight is 430 g/mol. The molecule has 11 heteroatoms. The van der Waals surface area contributed by atoms with Crippen molar-refractivity contribution >= 4 is 23.5 Å². The molecule has 3 rings (SSSR count). The second-order valence-corrected chi connectivity index (χ2v) is 6.68. The van der Waals surface area contributed by atoms with Crippen LogP contribution in [0.3, 0.4) is 0 Å². The van der Waals surface area contributed by atoms with Crippen LogP contribution < -0.4 is 10.7 Å². The number of alkyl halides is 6. The molecule has 2 N–H and O–H groups in total. The van der Waals surface area contributed by atoms with E-state index < -0.39 is 29.9 Å². The highest BCUT2D eigenvalue weighted by molar-refractivity contribution is 5.94. The van der Waals surface area contributed by atoms with Crippen LogP contribution in [0.2, 0.25) is 0 Å². The number of hydrogen-bond donors (Lipinski definition) is 1. The van der Waals surface area contributed by atoms with Crippen LogP contribution in [0.1, 0.15) is 16.7 Å². The summed E-state index contributed by atoms with van der Waals surface area (Å²) in [5.41, 5.74) is 6.24. The fourth-order valence-electron chi connectivity index (χ4n) is 3.04. The van der Waals surface area contributed by atoms with Crippen molar-refractivity contribution in [2.24, 2.45) is 5.10 Å². The molecule has 1 aliphatic rings. The maximum absolute atomic E-state index is 13.6. The number of nitrogens with zero attached hydrogens (tertiary/aromatic N) is 3. The van der Waals surface area contributed by atoms with E-state index in [1.807, 2.05) is 0 Å². The number of amidine groups is 1. The van der Waals surface area contributed by atoms with Crippen molar-refractivity contribution in [3.05, 3.63) is 59.2 Å². The summed E-state index contributed by atoms with van der Waals surface area (Å²) in [6.45, 7) is 1.38. The lowest BCUT2D eigenvalue weighted by atomic mass is 10.1. The summed E-state index contributed by atoms with van der Waals surface area (Å²) in [5.74, 6) is -1.33. The Balaban J connectivity index is 1.98. The monoisotopic (exact) mass is 430 g/mol. The normalized spacial score (nSPS) is 17.3. The summed E-state index contributed by atoms with van der Waals surface area (Å²) >= 11 is 0. The highest BCUT2D eigenvalue weighted by atomic mass is 19.4. The van der Waals surface area contributed by atoms with Crippen LogP contribution in [-0.2, 0) is 17.5 Å². The summed E-state index contributed by atoms with van der Waals surface area (Å²) in [6, 6.07) is 8.01. The van der Waals surface area contributed by atoms with Crippen LogP contribution in [0.25, 0.3) is 0 Å². The minimum atomic E-state index is -4.88. The van der Waals surface area contributed by atoms with Gasteiger partial charge < -0.3 is 10.6 Å². The number of aryl methyl sites for hydroxylation is 1. The molecule has 2 aromatic carbocycles. The highest BCUT2D eigenvalue weighted by Gasteiger charge is 2.48. The number of halogens is 6. The molecule has 0 fully saturated rings. The van der Waals surface area contributed by atoms with E-state index in [1.54, 1.807) is 13.0 Å². The number of hydrogen-bond acceptors (Lipinski definition) is 5. The Morgan fingerprint density at radius 1 is 1.03 bits per heavy atom. The first-order chi connectivity index (χ1) is 13.9. The van der Waals surface area contributed by atoms with Crippen LogP contribution in [-0.4, -0.2) is 29.4 Å². The molecular formula is C19H16F6N4O. The maximum atomic E-state index is 13.6. The van der Waals surface area contributed by atoms with E-state index in [0.717, 1.165) is 22.0 Å². The molecule has 1 unspecified atom stereocenters. The van der Waals surface area contributed by atoms with Crippen molar-refractivity contribution in [2.45, 2.75) is 32.0 Å². The zero-order valence-corrected chi connectivity index (χ0v) is 15.5. The topological polar surface area (TPSA) is 61.9 Å². The van der Waals surface area contributed by atoms with Crippen molar-refractivity contribution in [3.8, 4) is 0 Å². The second-order valence-electron chi connectivity index (χ2n) is 6.68. The van der Waals surface area contributed by atoms with Crippen LogP contribution in [0.5, 0.6) is 0 Å². The first kappa shape index (κ1) is 21.5. The van der Waals surface area contributed by atoms with Crippen molar-refractivity contribution in [2.75, 3.05) is 10.7 Å². The Morgan fingerprint density at radius 2 is 1.67 bits per heavy atom. The molecule has 0 spiro atoms. The summed E-state index contributed by atoms with van der Waals surface area (Å²) in [4.78, 5) is 12.4. The lowest BCUT2D eigenvalue weighted by molar-refractivity contribution is -0.137. The Labute approximate surface area is 167 Å². The number of anilines is 2. The molecule has 30 heavy (non-hydrogen) atoms. The van der Waals surface area contributed by atoms with E-state index in [-0.39, 0.29) is 18.5 Å². The molecule has 2 aromatic rings. The number of benzene rings is 2. The van der Waals surface area contributed by atoms with E-state index in [9.17, 15) is 31.1 Å². The van der Waals surface area contributed by atoms with E-state index in [4.69, 9.17) is 5.73 Å². The molecule has 0 aliphatic carbocycles. The fourth-order valence-corrected chi connectivity index (χ4v) is 3.04. The largest absolute Gasteiger partial charge is 0.451 e. The van der Waals surface area contributed by atoms with Gasteiger partial charge in [-0.2, -0.15) is 26.3 Å². The summed E-state index contributed by atoms with van der Waals surface area (Å²) in [5, 5.41) is 4.26. The van der Waals surface area contributed by atoms with E-state index in [2.05, 4.69) is 5.10 Å². The summed E-state index contributed by atoms with van der Waals surface area (Å²) in [7, 11) is 0. The third-order valence-electron chi connectivity index (χ3n) is 4.57. The highest BCUT2D eigenvalue weighted by Crippen LogP contribution is 2.35. The van der Waals surface area contributed by atoms with Gasteiger partial charge in [0, 0.05) is 12.2 Å². The lowest BCUT2D eigenvalue weighted by Crippen LogP contribution is -2.46. The van der Waals surface area contributed by atoms with Gasteiger partial charge in [0.1, 0.15) is 0 Å². The summed E-state index contributed by atoms with van der Waals surface area (Å²) in [6.07, 6.45) is -10.7. The number of carbonyl (C=O) groups excluding carboxylic acids is 1. The van der Waals surface area contributed by atoms with Gasteiger partial charge in [-0.1, -0.05) is 12.1 Å². The molecule has 0 saturated carbocycles. The van der Waals surface area contributed by atoms with E-state index in [0.29, 0.717) is 28.9 Å². The Kier molecular flexibility index (Phi) is 5.40. The molecule has 0 saturated heterocycles.